The van der Waals surface area contributed by atoms with Crippen molar-refractivity contribution < 1.29 is 28.0 Å². The molecular formula is C24H26ClFLiN6OS-. The van der Waals surface area contributed by atoms with E-state index >= 15 is 0 Å². The minimum absolute atomic E-state index is 0. The zero-order valence-electron chi connectivity index (χ0n) is 19.8. The van der Waals surface area contributed by atoms with E-state index in [4.69, 9.17) is 18.3 Å². The van der Waals surface area contributed by atoms with Crippen LogP contribution in [-0.2, 0) is 4.79 Å². The average molecular weight is 508 g/mol. The van der Waals surface area contributed by atoms with Gasteiger partial charge in [-0.25, -0.2) is 17.6 Å². The molecule has 35 heavy (non-hydrogen) atoms. The number of hydrogen-bond donors (Lipinski definition) is 3. The van der Waals surface area contributed by atoms with Gasteiger partial charge in [-0.15, -0.1) is 23.8 Å². The Labute approximate surface area is 228 Å². The van der Waals surface area contributed by atoms with E-state index in [1.165, 1.54) is 24.3 Å². The molecule has 0 spiro atoms. The molecule has 2 aromatic rings. The largest absolute Gasteiger partial charge is 1.00 e. The molecule has 0 aliphatic carbocycles. The number of carbonyl (C=O) groups excluding carboxylic acids is 1. The zero-order valence-corrected chi connectivity index (χ0v) is 21.4. The van der Waals surface area contributed by atoms with E-state index in [0.29, 0.717) is 35.2 Å². The fourth-order valence-corrected chi connectivity index (χ4v) is 3.55. The van der Waals surface area contributed by atoms with Crippen molar-refractivity contribution >= 4 is 48.4 Å². The zero-order chi connectivity index (χ0) is 24.5. The standard InChI is InChI=1S/C24H26ClFN6OS.Li/c1-27-24(34)21(6-3-17-15-18(25)4-5-20(17)26)29-19-7-9-28-22(16-19)30-23(33)8-10-32-13-11-31(2)12-14-32;/h1,4-7,9,15-16,34H,8,10-14H2,2H3,(H2,28,29,30,33);/q-2;+1/b24-21-;. The summed E-state index contributed by atoms with van der Waals surface area (Å²) in [5, 5.41) is 6.46. The van der Waals surface area contributed by atoms with Crippen LogP contribution < -0.4 is 29.5 Å². The smallest absolute Gasteiger partial charge is 0.461 e. The molecule has 0 unspecified atom stereocenters. The van der Waals surface area contributed by atoms with Gasteiger partial charge in [0, 0.05) is 62.9 Å². The molecule has 1 fully saturated rings. The first kappa shape index (κ1) is 29.1. The number of anilines is 2. The number of allylic oxidation sites excluding steroid dienone is 1. The van der Waals surface area contributed by atoms with E-state index in [1.807, 2.05) is 0 Å². The predicted octanol–water partition coefficient (Wildman–Crippen LogP) is 0.950. The number of amides is 1. The fourth-order valence-electron chi connectivity index (χ4n) is 3.25. The van der Waals surface area contributed by atoms with Crippen LogP contribution in [0.3, 0.4) is 0 Å². The van der Waals surface area contributed by atoms with Gasteiger partial charge < -0.3 is 25.4 Å². The van der Waals surface area contributed by atoms with Crippen molar-refractivity contribution in [3.8, 4) is 0 Å². The summed E-state index contributed by atoms with van der Waals surface area (Å²) in [7, 11) is 2.10. The summed E-state index contributed by atoms with van der Waals surface area (Å²) in [5.74, 6) is -0.196. The van der Waals surface area contributed by atoms with Gasteiger partial charge >= 0.3 is 18.9 Å². The summed E-state index contributed by atoms with van der Waals surface area (Å²) in [5.41, 5.74) is 1.14. The van der Waals surface area contributed by atoms with Crippen LogP contribution >= 0.6 is 24.2 Å². The number of halogens is 2. The maximum Gasteiger partial charge on any atom is 1.00 e. The van der Waals surface area contributed by atoms with Gasteiger partial charge in [0.25, 0.3) is 0 Å². The van der Waals surface area contributed by atoms with Crippen molar-refractivity contribution in [3.63, 3.8) is 0 Å². The molecule has 7 nitrogen and oxygen atoms in total. The second kappa shape index (κ2) is 14.4. The van der Waals surface area contributed by atoms with Gasteiger partial charge in [-0.05, 0) is 18.1 Å². The summed E-state index contributed by atoms with van der Waals surface area (Å²) in [6.45, 7) is 10.0. The number of likely N-dealkylation sites (N-methyl/N-ethyl adjacent to an activating group) is 1. The Balaban J connectivity index is 0.00000432. The molecule has 1 saturated heterocycles. The van der Waals surface area contributed by atoms with Gasteiger partial charge in [-0.3, -0.25) is 9.18 Å². The Morgan fingerprint density at radius 1 is 1.29 bits per heavy atom. The van der Waals surface area contributed by atoms with Crippen LogP contribution in [0.5, 0.6) is 0 Å². The van der Waals surface area contributed by atoms with Gasteiger partial charge in [-0.1, -0.05) is 34.5 Å². The second-order valence-electron chi connectivity index (χ2n) is 7.78. The number of aliphatic imine (C=N–C) groups is 1. The number of pyridine rings is 1. The molecule has 2 N–H and O–H groups in total. The van der Waals surface area contributed by atoms with E-state index in [9.17, 15) is 9.18 Å². The van der Waals surface area contributed by atoms with Crippen LogP contribution in [0.4, 0.5) is 15.9 Å². The van der Waals surface area contributed by atoms with E-state index in [1.54, 1.807) is 18.3 Å². The molecule has 2 heterocycles. The van der Waals surface area contributed by atoms with Crippen molar-refractivity contribution in [2.24, 2.45) is 4.99 Å². The maximum atomic E-state index is 14.0. The van der Waals surface area contributed by atoms with Gasteiger partial charge in [0.05, 0.1) is 0 Å². The number of hydrogen-bond acceptors (Lipinski definition) is 7. The summed E-state index contributed by atoms with van der Waals surface area (Å²) in [6, 6.07) is 7.52. The number of aromatic nitrogens is 1. The Morgan fingerprint density at radius 2 is 2.03 bits per heavy atom. The number of benzene rings is 1. The molecule has 1 aliphatic rings. The number of nitrogens with zero attached hydrogens (tertiary/aromatic N) is 4. The first-order valence-corrected chi connectivity index (χ1v) is 11.5. The Bertz CT molecular complexity index is 1090. The Hall–Kier alpha value is -2.12. The minimum Gasteiger partial charge on any atom is -0.461 e. The number of thiol groups is 1. The summed E-state index contributed by atoms with van der Waals surface area (Å²) < 4.78 is 14.0. The van der Waals surface area contributed by atoms with Gasteiger partial charge in [0.15, 0.2) is 0 Å². The predicted molar refractivity (Wildman–Crippen MR) is 138 cm³/mol. The number of nitrogens with one attached hydrogen (secondary N) is 2. The van der Waals surface area contributed by atoms with E-state index in [0.717, 1.165) is 26.2 Å². The first-order valence-electron chi connectivity index (χ1n) is 10.7. The van der Waals surface area contributed by atoms with Crippen LogP contribution in [0.15, 0.2) is 58.3 Å². The molecule has 11 heteroatoms. The van der Waals surface area contributed by atoms with Crippen molar-refractivity contribution in [2.45, 2.75) is 6.42 Å². The first-order chi connectivity index (χ1) is 16.3. The van der Waals surface area contributed by atoms with Crippen LogP contribution in [0.1, 0.15) is 12.0 Å². The number of carbonyl (C=O) groups is 1. The average Bonchev–Trinajstić information content (AvgIpc) is 2.83. The van der Waals surface area contributed by atoms with E-state index in [2.05, 4.69) is 56.2 Å². The quantitative estimate of drug-likeness (QED) is 0.155. The number of rotatable bonds is 9. The van der Waals surface area contributed by atoms with E-state index in [-0.39, 0.29) is 35.4 Å². The van der Waals surface area contributed by atoms with Crippen molar-refractivity contribution in [2.75, 3.05) is 50.4 Å². The van der Waals surface area contributed by atoms with Crippen LogP contribution in [-0.4, -0.2) is 67.2 Å². The normalized spacial score (nSPS) is 15.3. The minimum atomic E-state index is -0.476. The topological polar surface area (TPSA) is 72.9 Å². The molecule has 0 bridgehead atoms. The maximum absolute atomic E-state index is 14.0. The van der Waals surface area contributed by atoms with Gasteiger partial charge in [0.2, 0.25) is 5.91 Å². The third-order valence-corrected chi connectivity index (χ3v) is 5.81. The molecule has 3 rings (SSSR count). The van der Waals surface area contributed by atoms with Gasteiger partial charge in [0.1, 0.15) is 5.82 Å². The molecule has 1 aromatic carbocycles. The van der Waals surface area contributed by atoms with Crippen LogP contribution in [0.2, 0.25) is 5.02 Å². The molecule has 0 radical (unpaired) electrons. The van der Waals surface area contributed by atoms with Gasteiger partial charge in [-0.2, -0.15) is 6.72 Å². The molecule has 0 atom stereocenters. The number of piperazine rings is 1. The van der Waals surface area contributed by atoms with E-state index < -0.39 is 5.82 Å². The summed E-state index contributed by atoms with van der Waals surface area (Å²) in [4.78, 5) is 24.7. The third kappa shape index (κ3) is 9.45. The molecule has 1 amide bonds. The van der Waals surface area contributed by atoms with Crippen LogP contribution in [0.25, 0.3) is 0 Å². The molecule has 0 saturated carbocycles. The van der Waals surface area contributed by atoms with Crippen molar-refractivity contribution in [1.29, 1.82) is 0 Å². The molecular weight excluding hydrogens is 482 g/mol. The molecule has 1 aliphatic heterocycles. The third-order valence-electron chi connectivity index (χ3n) is 5.22. The SMILES string of the molecule is [CH-]=N/C(S)=C(\C=[C-]c1cc(Cl)ccc1F)Nc1ccnc(NC(=O)CCN2CCN(C)CC2)c1.[Li+]. The second-order valence-corrected chi connectivity index (χ2v) is 8.64. The summed E-state index contributed by atoms with van der Waals surface area (Å²) in [6.07, 6.45) is 6.22. The van der Waals surface area contributed by atoms with Crippen molar-refractivity contribution in [3.05, 3.63) is 75.8 Å². The Kier molecular flexibility index (Phi) is 12.0. The van der Waals surface area contributed by atoms with Crippen molar-refractivity contribution in [1.82, 2.24) is 14.8 Å². The summed E-state index contributed by atoms with van der Waals surface area (Å²) >= 11 is 10.2. The monoisotopic (exact) mass is 507 g/mol. The fraction of sp³-hybridized carbons (Fsp3) is 0.292. The molecule has 1 aromatic heterocycles. The molecule has 180 valence electrons. The van der Waals surface area contributed by atoms with Crippen LogP contribution in [0, 0.1) is 11.9 Å². The Morgan fingerprint density at radius 3 is 2.74 bits per heavy atom.